The van der Waals surface area contributed by atoms with Gasteiger partial charge in [0.25, 0.3) is 11.8 Å². The number of nitrogens with zero attached hydrogens (tertiary/aromatic N) is 2. The van der Waals surface area contributed by atoms with Gasteiger partial charge in [-0.15, -0.1) is 0 Å². The average molecular weight is 1030 g/mol. The summed E-state index contributed by atoms with van der Waals surface area (Å²) >= 11 is 14.9. The standard InChI is InChI=1S/C50H42Cl2IN3O9/c1-62-32-14-9-29(10-15-32)50-37(47(59)56(49(50)61)54-40-19-11-30(51)24-38(40)52)25-36-34(44(50)28-22-39(53)45(57)42(23-28)65-4)17-18-35-43(36)48(60)55(46(35)58)31-12-6-26(7-13-31)5-8-27-21-33(63-2)16-20-41(27)64-3/h5-17,19-24,35-37,43-44,54,57H,18,25H2,1-4H3/t35-,36+,37-,43-,44-,50+/m0/s1. The van der Waals surface area contributed by atoms with Crippen LogP contribution in [0.3, 0.4) is 0 Å². The lowest BCUT2D eigenvalue weighted by Gasteiger charge is -2.50. The summed E-state index contributed by atoms with van der Waals surface area (Å²) in [7, 11) is 6.17. The van der Waals surface area contributed by atoms with Crippen molar-refractivity contribution in [2.45, 2.75) is 24.2 Å². The molecule has 5 aromatic carbocycles. The molecule has 0 bridgehead atoms. The molecule has 0 spiro atoms. The van der Waals surface area contributed by atoms with E-state index in [1.807, 2.05) is 71.2 Å². The van der Waals surface area contributed by atoms with Gasteiger partial charge >= 0.3 is 0 Å². The molecule has 9 rings (SSSR count). The van der Waals surface area contributed by atoms with Gasteiger partial charge in [0.1, 0.15) is 17.2 Å². The molecule has 65 heavy (non-hydrogen) atoms. The van der Waals surface area contributed by atoms with Crippen LogP contribution in [0.1, 0.15) is 41.0 Å². The summed E-state index contributed by atoms with van der Waals surface area (Å²) in [5.41, 5.74) is 5.62. The molecule has 4 aliphatic rings. The molecule has 2 saturated heterocycles. The molecule has 0 aromatic heterocycles. The number of anilines is 2. The molecule has 3 fully saturated rings. The topological polar surface area (TPSA) is 144 Å². The maximum atomic E-state index is 15.7. The van der Waals surface area contributed by atoms with E-state index >= 15 is 9.59 Å². The van der Waals surface area contributed by atoms with E-state index in [0.29, 0.717) is 42.7 Å². The first-order valence-corrected chi connectivity index (χ1v) is 22.6. The Hall–Kier alpha value is -6.03. The van der Waals surface area contributed by atoms with Crippen LogP contribution in [0.5, 0.6) is 28.7 Å². The Labute approximate surface area is 398 Å². The van der Waals surface area contributed by atoms with Crippen LogP contribution in [-0.2, 0) is 24.6 Å². The minimum atomic E-state index is -1.60. The van der Waals surface area contributed by atoms with Gasteiger partial charge < -0.3 is 24.1 Å². The van der Waals surface area contributed by atoms with Gasteiger partial charge in [0, 0.05) is 16.5 Å². The molecule has 15 heteroatoms. The predicted molar refractivity (Wildman–Crippen MR) is 255 cm³/mol. The van der Waals surface area contributed by atoms with Crippen LogP contribution in [0.4, 0.5) is 11.4 Å². The molecule has 332 valence electrons. The van der Waals surface area contributed by atoms with Crippen molar-refractivity contribution in [3.8, 4) is 28.7 Å². The number of fused-ring (bicyclic) bond motifs is 4. The Morgan fingerprint density at radius 2 is 1.46 bits per heavy atom. The number of aromatic hydroxyl groups is 1. The van der Waals surface area contributed by atoms with Gasteiger partial charge in [-0.25, -0.2) is 0 Å². The fourth-order valence-electron chi connectivity index (χ4n) is 10.3. The fourth-order valence-corrected chi connectivity index (χ4v) is 11.4. The van der Waals surface area contributed by atoms with Crippen LogP contribution in [0.15, 0.2) is 109 Å². The monoisotopic (exact) mass is 1030 g/mol. The smallest absolute Gasteiger partial charge is 0.260 e. The Morgan fingerprint density at radius 1 is 0.754 bits per heavy atom. The third-order valence-corrected chi connectivity index (χ3v) is 14.6. The van der Waals surface area contributed by atoms with Crippen LogP contribution in [0, 0.1) is 27.2 Å². The molecule has 5 aromatic rings. The number of carbonyl (C=O) groups excluding carboxylic acids is 4. The van der Waals surface area contributed by atoms with E-state index in [-0.39, 0.29) is 46.9 Å². The number of imide groups is 2. The summed E-state index contributed by atoms with van der Waals surface area (Å²) in [6.45, 7) is 0. The highest BCUT2D eigenvalue weighted by atomic mass is 127. The zero-order chi connectivity index (χ0) is 45.9. The molecule has 4 amide bonds. The number of hydrazine groups is 1. The van der Waals surface area contributed by atoms with E-state index in [9.17, 15) is 14.7 Å². The third-order valence-electron chi connectivity index (χ3n) is 13.2. The highest BCUT2D eigenvalue weighted by molar-refractivity contribution is 14.1. The number of benzene rings is 5. The van der Waals surface area contributed by atoms with Crippen LogP contribution in [-0.4, -0.2) is 62.2 Å². The first-order valence-electron chi connectivity index (χ1n) is 20.7. The largest absolute Gasteiger partial charge is 0.504 e. The lowest BCUT2D eigenvalue weighted by molar-refractivity contribution is -0.138. The van der Waals surface area contributed by atoms with Gasteiger partial charge in [0.15, 0.2) is 11.5 Å². The van der Waals surface area contributed by atoms with Crippen molar-refractivity contribution in [1.29, 1.82) is 0 Å². The van der Waals surface area contributed by atoms with E-state index in [2.05, 4.69) is 5.43 Å². The number of allylic oxidation sites excluding steroid dienone is 2. The molecule has 2 heterocycles. The second kappa shape index (κ2) is 17.4. The molecule has 2 aliphatic heterocycles. The predicted octanol–water partition coefficient (Wildman–Crippen LogP) is 9.70. The van der Waals surface area contributed by atoms with E-state index in [1.54, 1.807) is 82.0 Å². The van der Waals surface area contributed by atoms with Crippen LogP contribution in [0.25, 0.3) is 12.2 Å². The van der Waals surface area contributed by atoms with Crippen LogP contribution < -0.4 is 29.3 Å². The highest BCUT2D eigenvalue weighted by Crippen LogP contribution is 2.65. The summed E-state index contributed by atoms with van der Waals surface area (Å²) in [5, 5.41) is 12.6. The zero-order valence-electron chi connectivity index (χ0n) is 35.5. The van der Waals surface area contributed by atoms with Gasteiger partial charge in [-0.3, -0.25) is 29.5 Å². The minimum Gasteiger partial charge on any atom is -0.504 e. The quantitative estimate of drug-likeness (QED) is 0.0568. The van der Waals surface area contributed by atoms with E-state index in [4.69, 9.17) is 42.1 Å². The normalized spacial score (nSPS) is 23.6. The average Bonchev–Trinajstić information content (AvgIpc) is 3.70. The van der Waals surface area contributed by atoms with Crippen molar-refractivity contribution in [2.24, 2.45) is 23.7 Å². The van der Waals surface area contributed by atoms with E-state index in [0.717, 1.165) is 21.7 Å². The first kappa shape index (κ1) is 44.2. The summed E-state index contributed by atoms with van der Waals surface area (Å²) in [5.74, 6) is -3.92. The SMILES string of the molecule is COc1ccc([C@@]23C(=O)N(Nc4ccc(Cl)cc4Cl)C(=O)[C@@H]2C[C@@H]2C(=CC[C@@H]4C(=O)N(c5ccc(C=Cc6cc(OC)ccc6OC)cc5)C(=O)[C@@H]42)[C@@H]3c2cc(I)c(O)c(OC)c2)cc1. The molecule has 6 atom stereocenters. The van der Waals surface area contributed by atoms with Gasteiger partial charge in [-0.2, -0.15) is 5.01 Å². The van der Waals surface area contributed by atoms with Crippen LogP contribution >= 0.6 is 45.8 Å². The Morgan fingerprint density at radius 3 is 2.14 bits per heavy atom. The van der Waals surface area contributed by atoms with Gasteiger partial charge in [0.2, 0.25) is 11.8 Å². The number of halogens is 3. The van der Waals surface area contributed by atoms with Crippen molar-refractivity contribution >= 4 is 92.9 Å². The number of hydrogen-bond acceptors (Lipinski definition) is 10. The minimum absolute atomic E-state index is 0.0727. The van der Waals surface area contributed by atoms with E-state index in [1.165, 1.54) is 18.1 Å². The second-order valence-electron chi connectivity index (χ2n) is 16.3. The van der Waals surface area contributed by atoms with Gasteiger partial charge in [-0.05, 0) is 131 Å². The van der Waals surface area contributed by atoms with Gasteiger partial charge in [-0.1, -0.05) is 71.3 Å². The molecule has 12 nitrogen and oxygen atoms in total. The zero-order valence-corrected chi connectivity index (χ0v) is 39.2. The van der Waals surface area contributed by atoms with Gasteiger partial charge in [0.05, 0.1) is 71.6 Å². The Kier molecular flexibility index (Phi) is 11.8. The summed E-state index contributed by atoms with van der Waals surface area (Å²) in [6, 6.07) is 27.9. The number of phenols is 1. The number of phenolic OH excluding ortho intramolecular Hbond substituents is 1. The number of amides is 4. The second-order valence-corrected chi connectivity index (χ2v) is 18.3. The number of carbonyl (C=O) groups is 4. The van der Waals surface area contributed by atoms with Crippen molar-refractivity contribution in [2.75, 3.05) is 38.8 Å². The molecule has 0 unspecified atom stereocenters. The summed E-state index contributed by atoms with van der Waals surface area (Å²) < 4.78 is 22.5. The third kappa shape index (κ3) is 7.28. The summed E-state index contributed by atoms with van der Waals surface area (Å²) in [4.78, 5) is 61.6. The molecule has 0 radical (unpaired) electrons. The number of nitrogens with one attached hydrogen (secondary N) is 1. The summed E-state index contributed by atoms with van der Waals surface area (Å²) in [6.07, 6.45) is 6.07. The molecule has 1 saturated carbocycles. The lowest BCUT2D eigenvalue weighted by Crippen LogP contribution is -2.53. The molecule has 2 N–H and O–H groups in total. The number of rotatable bonds is 11. The van der Waals surface area contributed by atoms with E-state index < -0.39 is 46.8 Å². The molecular formula is C50H42Cl2IN3O9. The van der Waals surface area contributed by atoms with Crippen molar-refractivity contribution in [1.82, 2.24) is 5.01 Å². The first-order chi connectivity index (χ1) is 31.3. The van der Waals surface area contributed by atoms with Crippen molar-refractivity contribution < 1.29 is 43.2 Å². The van der Waals surface area contributed by atoms with Crippen LogP contribution in [0.2, 0.25) is 10.0 Å². The lowest BCUT2D eigenvalue weighted by atomic mass is 9.49. The van der Waals surface area contributed by atoms with Crippen molar-refractivity contribution in [3.05, 3.63) is 145 Å². The Bertz CT molecular complexity index is 2830. The molecular weight excluding hydrogens is 984 g/mol. The maximum absolute atomic E-state index is 15.7. The molecule has 2 aliphatic carbocycles. The van der Waals surface area contributed by atoms with Crippen molar-refractivity contribution in [3.63, 3.8) is 0 Å². The maximum Gasteiger partial charge on any atom is 0.260 e. The Balaban J connectivity index is 1.14. The fraction of sp³-hybridized carbons (Fsp3) is 0.240. The number of hydrogen-bond donors (Lipinski definition) is 2. The number of methoxy groups -OCH3 is 4. The highest BCUT2D eigenvalue weighted by Gasteiger charge is 2.70. The number of ether oxygens (including phenoxy) is 4.